The van der Waals surface area contributed by atoms with E-state index in [0.29, 0.717) is 18.7 Å². The minimum atomic E-state index is -3.48. The molecule has 1 aliphatic rings. The van der Waals surface area contributed by atoms with Gasteiger partial charge in [0.25, 0.3) is 0 Å². The lowest BCUT2D eigenvalue weighted by Crippen LogP contribution is -2.39. The number of sulfonamides is 1. The number of hydrogen-bond acceptors (Lipinski definition) is 3. The molecular formula is C20H23FN2O3S. The summed E-state index contributed by atoms with van der Waals surface area (Å²) in [5.41, 5.74) is 3.08. The van der Waals surface area contributed by atoms with Crippen LogP contribution in [0.25, 0.3) is 0 Å². The van der Waals surface area contributed by atoms with Crippen molar-refractivity contribution in [3.63, 3.8) is 0 Å². The molecule has 1 amide bonds. The third kappa shape index (κ3) is 5.14. The van der Waals surface area contributed by atoms with E-state index in [1.807, 2.05) is 18.2 Å². The van der Waals surface area contributed by atoms with Gasteiger partial charge in [-0.2, -0.15) is 4.31 Å². The Morgan fingerprint density at radius 3 is 2.44 bits per heavy atom. The first kappa shape index (κ1) is 19.5. The second-order valence-electron chi connectivity index (χ2n) is 6.81. The van der Waals surface area contributed by atoms with E-state index >= 15 is 0 Å². The quantitative estimate of drug-likeness (QED) is 0.762. The van der Waals surface area contributed by atoms with Crippen molar-refractivity contribution in [3.8, 4) is 0 Å². The predicted octanol–water partition coefficient (Wildman–Crippen LogP) is 2.56. The number of carbonyl (C=O) groups is 1. The highest BCUT2D eigenvalue weighted by Gasteiger charge is 2.23. The average molecular weight is 390 g/mol. The Hall–Kier alpha value is -2.25. The van der Waals surface area contributed by atoms with Gasteiger partial charge in [-0.15, -0.1) is 0 Å². The van der Waals surface area contributed by atoms with E-state index in [9.17, 15) is 17.6 Å². The SMILES string of the molecule is CS(=O)(=O)N(CCC(=O)N1CCc2ccccc2C1)Cc1ccc(F)cc1. The lowest BCUT2D eigenvalue weighted by Gasteiger charge is -2.29. The molecule has 0 aromatic heterocycles. The molecule has 0 unspecified atom stereocenters. The van der Waals surface area contributed by atoms with Crippen LogP contribution < -0.4 is 0 Å². The zero-order valence-electron chi connectivity index (χ0n) is 15.3. The van der Waals surface area contributed by atoms with Gasteiger partial charge in [-0.05, 0) is 35.2 Å². The molecule has 0 N–H and O–H groups in total. The maximum absolute atomic E-state index is 13.0. The van der Waals surface area contributed by atoms with Crippen LogP contribution in [0, 0.1) is 5.82 Å². The Morgan fingerprint density at radius 1 is 1.11 bits per heavy atom. The zero-order valence-corrected chi connectivity index (χ0v) is 16.1. The van der Waals surface area contributed by atoms with Crippen molar-refractivity contribution in [1.29, 1.82) is 0 Å². The molecule has 1 aliphatic heterocycles. The number of amides is 1. The number of hydrogen-bond donors (Lipinski definition) is 0. The van der Waals surface area contributed by atoms with E-state index < -0.39 is 10.0 Å². The first-order chi connectivity index (χ1) is 12.8. The van der Waals surface area contributed by atoms with Crippen LogP contribution in [0.4, 0.5) is 4.39 Å². The highest BCUT2D eigenvalue weighted by Crippen LogP contribution is 2.19. The van der Waals surface area contributed by atoms with Crippen LogP contribution in [0.1, 0.15) is 23.1 Å². The van der Waals surface area contributed by atoms with E-state index in [0.717, 1.165) is 18.2 Å². The summed E-state index contributed by atoms with van der Waals surface area (Å²) in [5.74, 6) is -0.428. The van der Waals surface area contributed by atoms with Crippen LogP contribution >= 0.6 is 0 Å². The summed E-state index contributed by atoms with van der Waals surface area (Å²) < 4.78 is 38.5. The standard InChI is InChI=1S/C20H23FN2O3S/c1-27(25,26)23(14-16-6-8-19(21)9-7-16)13-11-20(24)22-12-10-17-4-2-3-5-18(17)15-22/h2-9H,10-15H2,1H3. The molecule has 0 saturated carbocycles. The molecule has 0 aliphatic carbocycles. The molecule has 0 radical (unpaired) electrons. The van der Waals surface area contributed by atoms with Crippen molar-refractivity contribution < 1.29 is 17.6 Å². The van der Waals surface area contributed by atoms with E-state index in [4.69, 9.17) is 0 Å². The zero-order chi connectivity index (χ0) is 19.4. The molecule has 144 valence electrons. The highest BCUT2D eigenvalue weighted by atomic mass is 32.2. The van der Waals surface area contributed by atoms with Gasteiger partial charge in [-0.1, -0.05) is 36.4 Å². The van der Waals surface area contributed by atoms with Crippen molar-refractivity contribution in [1.82, 2.24) is 9.21 Å². The molecule has 0 fully saturated rings. The van der Waals surface area contributed by atoms with Gasteiger partial charge in [0, 0.05) is 32.6 Å². The second-order valence-corrected chi connectivity index (χ2v) is 8.79. The monoisotopic (exact) mass is 390 g/mol. The van der Waals surface area contributed by atoms with Gasteiger partial charge in [-0.3, -0.25) is 4.79 Å². The number of carbonyl (C=O) groups excluding carboxylic acids is 1. The minimum Gasteiger partial charge on any atom is -0.338 e. The molecule has 3 rings (SSSR count). The molecule has 2 aromatic carbocycles. The molecule has 2 aromatic rings. The minimum absolute atomic E-state index is 0.0581. The van der Waals surface area contributed by atoms with Crippen molar-refractivity contribution >= 4 is 15.9 Å². The van der Waals surface area contributed by atoms with Gasteiger partial charge >= 0.3 is 0 Å². The molecule has 5 nitrogen and oxygen atoms in total. The van der Waals surface area contributed by atoms with Crippen molar-refractivity contribution in [2.75, 3.05) is 19.3 Å². The molecule has 0 spiro atoms. The number of rotatable bonds is 6. The highest BCUT2D eigenvalue weighted by molar-refractivity contribution is 7.88. The normalized spacial score (nSPS) is 14.3. The largest absolute Gasteiger partial charge is 0.338 e. The topological polar surface area (TPSA) is 57.7 Å². The van der Waals surface area contributed by atoms with Gasteiger partial charge < -0.3 is 4.90 Å². The van der Waals surface area contributed by atoms with Crippen LogP contribution in [0.5, 0.6) is 0 Å². The predicted molar refractivity (Wildman–Crippen MR) is 102 cm³/mol. The van der Waals surface area contributed by atoms with Gasteiger partial charge in [0.2, 0.25) is 15.9 Å². The molecule has 1 heterocycles. The van der Waals surface area contributed by atoms with Crippen molar-refractivity contribution in [2.45, 2.75) is 25.9 Å². The summed E-state index contributed by atoms with van der Waals surface area (Å²) in [5, 5.41) is 0. The average Bonchev–Trinajstić information content (AvgIpc) is 2.65. The fraction of sp³-hybridized carbons (Fsp3) is 0.350. The maximum atomic E-state index is 13.0. The molecule has 0 saturated heterocycles. The first-order valence-electron chi connectivity index (χ1n) is 8.87. The Balaban J connectivity index is 1.62. The summed E-state index contributed by atoms with van der Waals surface area (Å²) in [6, 6.07) is 13.8. The summed E-state index contributed by atoms with van der Waals surface area (Å²) in [7, 11) is -3.48. The fourth-order valence-electron chi connectivity index (χ4n) is 3.24. The van der Waals surface area contributed by atoms with Gasteiger partial charge in [0.15, 0.2) is 0 Å². The number of benzene rings is 2. The Morgan fingerprint density at radius 2 is 1.78 bits per heavy atom. The van der Waals surface area contributed by atoms with Gasteiger partial charge in [-0.25, -0.2) is 12.8 Å². The molecule has 27 heavy (non-hydrogen) atoms. The Bertz CT molecular complexity index is 913. The van der Waals surface area contributed by atoms with Crippen LogP contribution in [0.3, 0.4) is 0 Å². The Labute approximate surface area is 159 Å². The van der Waals surface area contributed by atoms with Crippen LogP contribution in [0.2, 0.25) is 0 Å². The van der Waals surface area contributed by atoms with Crippen LogP contribution in [0.15, 0.2) is 48.5 Å². The van der Waals surface area contributed by atoms with Crippen LogP contribution in [-0.2, 0) is 34.3 Å². The Kier molecular flexibility index (Phi) is 5.92. The number of nitrogens with zero attached hydrogens (tertiary/aromatic N) is 2. The third-order valence-electron chi connectivity index (χ3n) is 4.80. The summed E-state index contributed by atoms with van der Waals surface area (Å²) in [4.78, 5) is 14.4. The van der Waals surface area contributed by atoms with E-state index in [-0.39, 0.29) is 31.2 Å². The van der Waals surface area contributed by atoms with Gasteiger partial charge in [0.1, 0.15) is 5.82 Å². The van der Waals surface area contributed by atoms with Gasteiger partial charge in [0.05, 0.1) is 6.26 Å². The van der Waals surface area contributed by atoms with E-state index in [1.54, 1.807) is 17.0 Å². The smallest absolute Gasteiger partial charge is 0.224 e. The summed E-state index contributed by atoms with van der Waals surface area (Å²) in [6.07, 6.45) is 2.06. The second kappa shape index (κ2) is 8.19. The van der Waals surface area contributed by atoms with Crippen molar-refractivity contribution in [3.05, 3.63) is 71.0 Å². The summed E-state index contributed by atoms with van der Waals surface area (Å²) in [6.45, 7) is 1.43. The lowest BCUT2D eigenvalue weighted by molar-refractivity contribution is -0.132. The molecule has 7 heteroatoms. The van der Waals surface area contributed by atoms with E-state index in [1.165, 1.54) is 22.0 Å². The number of halogens is 1. The van der Waals surface area contributed by atoms with Crippen LogP contribution in [-0.4, -0.2) is 42.9 Å². The molecule has 0 bridgehead atoms. The third-order valence-corrected chi connectivity index (χ3v) is 6.05. The molecular weight excluding hydrogens is 367 g/mol. The van der Waals surface area contributed by atoms with Crippen molar-refractivity contribution in [2.24, 2.45) is 0 Å². The first-order valence-corrected chi connectivity index (χ1v) is 10.7. The van der Waals surface area contributed by atoms with E-state index in [2.05, 4.69) is 6.07 Å². The summed E-state index contributed by atoms with van der Waals surface area (Å²) >= 11 is 0. The number of fused-ring (bicyclic) bond motifs is 1. The lowest BCUT2D eigenvalue weighted by atomic mass is 10.00. The maximum Gasteiger partial charge on any atom is 0.224 e. The fourth-order valence-corrected chi connectivity index (χ4v) is 4.05. The molecule has 0 atom stereocenters.